The van der Waals surface area contributed by atoms with Gasteiger partial charge in [-0.05, 0) is 49.7 Å². The molecule has 0 atom stereocenters. The highest BCUT2D eigenvalue weighted by molar-refractivity contribution is 7.98. The van der Waals surface area contributed by atoms with E-state index in [1.807, 2.05) is 0 Å². The average Bonchev–Trinajstić information content (AvgIpc) is 3.14. The third-order valence-corrected chi connectivity index (χ3v) is 6.69. The zero-order chi connectivity index (χ0) is 22.6. The summed E-state index contributed by atoms with van der Waals surface area (Å²) in [5.74, 6) is 0.759. The van der Waals surface area contributed by atoms with Crippen LogP contribution in [0.15, 0.2) is 47.6 Å². The van der Waals surface area contributed by atoms with Gasteiger partial charge in [-0.1, -0.05) is 47.1 Å². The molecule has 0 aliphatic heterocycles. The molecule has 164 valence electrons. The molecule has 0 saturated carbocycles. The van der Waals surface area contributed by atoms with Crippen molar-refractivity contribution in [2.45, 2.75) is 31.3 Å². The standard InChI is InChI=1S/C21H20Cl3FN4OS/c1-21(2,12-22)19(30)26-10-18-27-28-20(31-11-13-3-6-15(25)7-4-13)29(18)17-8-5-14(23)9-16(17)24/h3-9H,10-12H2,1-2H3,(H,26,30). The van der Waals surface area contributed by atoms with E-state index in [1.54, 1.807) is 48.7 Å². The number of hydrogen-bond acceptors (Lipinski definition) is 4. The number of rotatable bonds is 8. The van der Waals surface area contributed by atoms with E-state index < -0.39 is 5.41 Å². The maximum atomic E-state index is 13.2. The highest BCUT2D eigenvalue weighted by Crippen LogP contribution is 2.31. The van der Waals surface area contributed by atoms with Crippen molar-refractivity contribution in [2.75, 3.05) is 5.88 Å². The number of carbonyl (C=O) groups excluding carboxylic acids is 1. The van der Waals surface area contributed by atoms with Crippen molar-refractivity contribution in [1.29, 1.82) is 0 Å². The normalized spacial score (nSPS) is 11.5. The van der Waals surface area contributed by atoms with Gasteiger partial charge >= 0.3 is 0 Å². The predicted molar refractivity (Wildman–Crippen MR) is 124 cm³/mol. The van der Waals surface area contributed by atoms with Crippen LogP contribution >= 0.6 is 46.6 Å². The third kappa shape index (κ3) is 5.92. The Hall–Kier alpha value is -1.80. The average molecular weight is 502 g/mol. The molecule has 0 spiro atoms. The summed E-state index contributed by atoms with van der Waals surface area (Å²) in [6.07, 6.45) is 0. The van der Waals surface area contributed by atoms with Crippen LogP contribution in [0.3, 0.4) is 0 Å². The first-order valence-electron chi connectivity index (χ1n) is 9.32. The van der Waals surface area contributed by atoms with Crippen LogP contribution in [0.4, 0.5) is 4.39 Å². The molecule has 2 aromatic carbocycles. The summed E-state index contributed by atoms with van der Waals surface area (Å²) >= 11 is 19.8. The number of carbonyl (C=O) groups is 1. The number of benzene rings is 2. The minimum absolute atomic E-state index is 0.141. The topological polar surface area (TPSA) is 59.8 Å². The molecule has 0 unspecified atom stereocenters. The molecule has 31 heavy (non-hydrogen) atoms. The maximum Gasteiger partial charge on any atom is 0.227 e. The molecule has 3 aromatic rings. The van der Waals surface area contributed by atoms with E-state index in [9.17, 15) is 9.18 Å². The fraction of sp³-hybridized carbons (Fsp3) is 0.286. The number of halogens is 4. The molecule has 0 aliphatic rings. The van der Waals surface area contributed by atoms with Crippen LogP contribution in [0.2, 0.25) is 10.0 Å². The highest BCUT2D eigenvalue weighted by atomic mass is 35.5. The molecule has 0 saturated heterocycles. The Bertz CT molecular complexity index is 1070. The fourth-order valence-corrected chi connectivity index (χ4v) is 4.13. The zero-order valence-corrected chi connectivity index (χ0v) is 19.9. The van der Waals surface area contributed by atoms with Crippen molar-refractivity contribution in [1.82, 2.24) is 20.1 Å². The highest BCUT2D eigenvalue weighted by Gasteiger charge is 2.27. The SMILES string of the molecule is CC(C)(CCl)C(=O)NCc1nnc(SCc2ccc(F)cc2)n1-c1ccc(Cl)cc1Cl. The minimum atomic E-state index is -0.718. The first-order chi connectivity index (χ1) is 14.7. The summed E-state index contributed by atoms with van der Waals surface area (Å²) in [5, 5.41) is 12.9. The molecule has 1 aromatic heterocycles. The Kier molecular flexibility index (Phi) is 7.86. The van der Waals surface area contributed by atoms with E-state index in [4.69, 9.17) is 34.8 Å². The van der Waals surface area contributed by atoms with Gasteiger partial charge in [0.1, 0.15) is 5.82 Å². The van der Waals surface area contributed by atoms with Crippen LogP contribution in [0.1, 0.15) is 25.2 Å². The minimum Gasteiger partial charge on any atom is -0.348 e. The number of thioether (sulfide) groups is 1. The van der Waals surface area contributed by atoms with Gasteiger partial charge in [0.2, 0.25) is 5.91 Å². The van der Waals surface area contributed by atoms with Gasteiger partial charge < -0.3 is 5.32 Å². The summed E-state index contributed by atoms with van der Waals surface area (Å²) in [6, 6.07) is 11.4. The van der Waals surface area contributed by atoms with Crippen LogP contribution in [-0.4, -0.2) is 26.6 Å². The van der Waals surface area contributed by atoms with Crippen LogP contribution < -0.4 is 5.32 Å². The lowest BCUT2D eigenvalue weighted by Crippen LogP contribution is -2.38. The van der Waals surface area contributed by atoms with Crippen molar-refractivity contribution in [3.8, 4) is 5.69 Å². The van der Waals surface area contributed by atoms with Crippen LogP contribution in [-0.2, 0) is 17.1 Å². The molecule has 1 heterocycles. The van der Waals surface area contributed by atoms with Crippen molar-refractivity contribution >= 4 is 52.5 Å². The van der Waals surface area contributed by atoms with Gasteiger partial charge in [0.15, 0.2) is 11.0 Å². The maximum absolute atomic E-state index is 13.2. The molecule has 0 radical (unpaired) electrons. The van der Waals surface area contributed by atoms with E-state index in [-0.39, 0.29) is 24.1 Å². The molecule has 1 N–H and O–H groups in total. The molecular formula is C21H20Cl3FN4OS. The number of nitrogens with one attached hydrogen (secondary N) is 1. The van der Waals surface area contributed by atoms with Crippen molar-refractivity contribution in [3.05, 3.63) is 69.7 Å². The molecule has 1 amide bonds. The Labute approximate surface area is 199 Å². The van der Waals surface area contributed by atoms with Gasteiger partial charge in [0.05, 0.1) is 22.7 Å². The number of amides is 1. The second-order valence-electron chi connectivity index (χ2n) is 7.45. The van der Waals surface area contributed by atoms with Gasteiger partial charge in [-0.3, -0.25) is 9.36 Å². The first kappa shape index (κ1) is 23.9. The van der Waals surface area contributed by atoms with E-state index >= 15 is 0 Å². The predicted octanol–water partition coefficient (Wildman–Crippen LogP) is 5.89. The molecule has 3 rings (SSSR count). The molecule has 0 aliphatic carbocycles. The molecule has 0 fully saturated rings. The second kappa shape index (κ2) is 10.2. The van der Waals surface area contributed by atoms with Crippen LogP contribution in [0, 0.1) is 11.2 Å². The summed E-state index contributed by atoms with van der Waals surface area (Å²) in [7, 11) is 0. The summed E-state index contributed by atoms with van der Waals surface area (Å²) in [4.78, 5) is 12.4. The smallest absolute Gasteiger partial charge is 0.227 e. The van der Waals surface area contributed by atoms with E-state index in [0.29, 0.717) is 32.5 Å². The number of hydrogen-bond donors (Lipinski definition) is 1. The van der Waals surface area contributed by atoms with Gasteiger partial charge in [-0.15, -0.1) is 21.8 Å². The number of aromatic nitrogens is 3. The summed E-state index contributed by atoms with van der Waals surface area (Å²) < 4.78 is 15.0. The van der Waals surface area contributed by atoms with E-state index in [1.165, 1.54) is 23.9 Å². The fourth-order valence-electron chi connectivity index (χ4n) is 2.60. The summed E-state index contributed by atoms with van der Waals surface area (Å²) in [5.41, 5.74) is 0.852. The Morgan fingerprint density at radius 1 is 1.16 bits per heavy atom. The Morgan fingerprint density at radius 2 is 1.87 bits per heavy atom. The third-order valence-electron chi connectivity index (χ3n) is 4.49. The van der Waals surface area contributed by atoms with E-state index in [0.717, 1.165) is 5.56 Å². The monoisotopic (exact) mass is 500 g/mol. The number of alkyl halides is 1. The largest absolute Gasteiger partial charge is 0.348 e. The first-order valence-corrected chi connectivity index (χ1v) is 11.6. The zero-order valence-electron chi connectivity index (χ0n) is 16.8. The van der Waals surface area contributed by atoms with Crippen molar-refractivity contribution < 1.29 is 9.18 Å². The molecule has 0 bridgehead atoms. The molecule has 5 nitrogen and oxygen atoms in total. The van der Waals surface area contributed by atoms with Crippen molar-refractivity contribution in [3.63, 3.8) is 0 Å². The quantitative estimate of drug-likeness (QED) is 0.309. The Balaban J connectivity index is 1.89. The lowest BCUT2D eigenvalue weighted by Gasteiger charge is -2.20. The summed E-state index contributed by atoms with van der Waals surface area (Å²) in [6.45, 7) is 3.67. The number of nitrogens with zero attached hydrogens (tertiary/aromatic N) is 3. The van der Waals surface area contributed by atoms with Crippen LogP contribution in [0.5, 0.6) is 0 Å². The lowest BCUT2D eigenvalue weighted by atomic mass is 9.95. The molecular weight excluding hydrogens is 482 g/mol. The van der Waals surface area contributed by atoms with Crippen LogP contribution in [0.25, 0.3) is 5.69 Å². The lowest BCUT2D eigenvalue weighted by molar-refractivity contribution is -0.128. The van der Waals surface area contributed by atoms with E-state index in [2.05, 4.69) is 15.5 Å². The van der Waals surface area contributed by atoms with Gasteiger partial charge in [-0.25, -0.2) is 4.39 Å². The van der Waals surface area contributed by atoms with Gasteiger partial charge in [-0.2, -0.15) is 0 Å². The second-order valence-corrected chi connectivity index (χ2v) is 9.50. The molecule has 10 heteroatoms. The van der Waals surface area contributed by atoms with Gasteiger partial charge in [0.25, 0.3) is 0 Å². The van der Waals surface area contributed by atoms with Gasteiger partial charge in [0, 0.05) is 16.7 Å². The Morgan fingerprint density at radius 3 is 2.52 bits per heavy atom. The van der Waals surface area contributed by atoms with Crippen molar-refractivity contribution in [2.24, 2.45) is 5.41 Å².